The molecule has 0 heterocycles. The minimum Gasteiger partial charge on any atom is -0.494 e. The minimum atomic E-state index is -0.127. The van der Waals surface area contributed by atoms with Crippen molar-refractivity contribution in [1.82, 2.24) is 5.32 Å². The van der Waals surface area contributed by atoms with Crippen molar-refractivity contribution in [2.24, 2.45) is 0 Å². The first-order valence-electron chi connectivity index (χ1n) is 7.86. The van der Waals surface area contributed by atoms with Crippen molar-refractivity contribution in [2.45, 2.75) is 64.1 Å². The number of aliphatic hydroxyl groups is 1. The lowest BCUT2D eigenvalue weighted by Gasteiger charge is -2.29. The topological polar surface area (TPSA) is 41.5 Å². The van der Waals surface area contributed by atoms with Crippen LogP contribution >= 0.6 is 0 Å². The second kappa shape index (κ2) is 7.65. The van der Waals surface area contributed by atoms with Crippen LogP contribution < -0.4 is 10.1 Å². The molecule has 2 rings (SSSR count). The van der Waals surface area contributed by atoms with Gasteiger partial charge in [0.1, 0.15) is 5.75 Å². The first-order valence-corrected chi connectivity index (χ1v) is 7.86. The van der Waals surface area contributed by atoms with Gasteiger partial charge in [-0.25, -0.2) is 0 Å². The van der Waals surface area contributed by atoms with Gasteiger partial charge in [-0.1, -0.05) is 19.1 Å². The number of ether oxygens (including phenoxy) is 1. The van der Waals surface area contributed by atoms with Crippen molar-refractivity contribution < 1.29 is 9.84 Å². The molecule has 1 aromatic carbocycles. The molecule has 3 heteroatoms. The molecule has 0 spiro atoms. The standard InChI is InChI=1S/C17H27NO2/c1-3-11-20-17-9-7-14(8-10-17)13(2)18-15-5-4-6-16(19)12-15/h7-10,13,15-16,18-19H,3-6,11-12H2,1-2H3. The van der Waals surface area contributed by atoms with E-state index in [-0.39, 0.29) is 6.10 Å². The molecule has 0 saturated heterocycles. The zero-order chi connectivity index (χ0) is 14.4. The van der Waals surface area contributed by atoms with Gasteiger partial charge in [0.05, 0.1) is 12.7 Å². The van der Waals surface area contributed by atoms with Crippen molar-refractivity contribution in [2.75, 3.05) is 6.61 Å². The predicted molar refractivity (Wildman–Crippen MR) is 82.0 cm³/mol. The molecule has 0 bridgehead atoms. The molecule has 0 aromatic heterocycles. The van der Waals surface area contributed by atoms with Gasteiger partial charge in [-0.3, -0.25) is 0 Å². The van der Waals surface area contributed by atoms with E-state index in [1.54, 1.807) is 0 Å². The summed E-state index contributed by atoms with van der Waals surface area (Å²) in [5.74, 6) is 0.941. The third kappa shape index (κ3) is 4.50. The van der Waals surface area contributed by atoms with Gasteiger partial charge >= 0.3 is 0 Å². The lowest BCUT2D eigenvalue weighted by Crippen LogP contribution is -2.37. The van der Waals surface area contributed by atoms with Gasteiger partial charge in [-0.2, -0.15) is 0 Å². The lowest BCUT2D eigenvalue weighted by molar-refractivity contribution is 0.109. The van der Waals surface area contributed by atoms with Crippen LogP contribution in [0.1, 0.15) is 57.6 Å². The summed E-state index contributed by atoms with van der Waals surface area (Å²) in [6.07, 6.45) is 5.02. The van der Waals surface area contributed by atoms with E-state index in [1.807, 2.05) is 12.1 Å². The fourth-order valence-corrected chi connectivity index (χ4v) is 2.84. The normalized spacial score (nSPS) is 24.4. The van der Waals surface area contributed by atoms with Crippen molar-refractivity contribution in [3.63, 3.8) is 0 Å². The molecule has 1 aliphatic carbocycles. The van der Waals surface area contributed by atoms with Crippen LogP contribution in [0.5, 0.6) is 5.75 Å². The van der Waals surface area contributed by atoms with Crippen LogP contribution in [0.25, 0.3) is 0 Å². The van der Waals surface area contributed by atoms with E-state index in [0.29, 0.717) is 12.1 Å². The van der Waals surface area contributed by atoms with E-state index in [1.165, 1.54) is 12.0 Å². The average Bonchev–Trinajstić information content (AvgIpc) is 2.45. The third-order valence-corrected chi connectivity index (χ3v) is 3.99. The molecule has 1 aliphatic rings. The van der Waals surface area contributed by atoms with Crippen LogP contribution in [-0.4, -0.2) is 23.9 Å². The Hall–Kier alpha value is -1.06. The summed E-state index contributed by atoms with van der Waals surface area (Å²) in [6.45, 7) is 5.06. The molecule has 112 valence electrons. The maximum atomic E-state index is 9.73. The Morgan fingerprint density at radius 3 is 2.70 bits per heavy atom. The highest BCUT2D eigenvalue weighted by atomic mass is 16.5. The number of benzene rings is 1. The Morgan fingerprint density at radius 1 is 1.30 bits per heavy atom. The Kier molecular flexibility index (Phi) is 5.86. The highest BCUT2D eigenvalue weighted by Crippen LogP contribution is 2.23. The minimum absolute atomic E-state index is 0.127. The van der Waals surface area contributed by atoms with Crippen LogP contribution in [0.2, 0.25) is 0 Å². The van der Waals surface area contributed by atoms with Crippen LogP contribution in [0, 0.1) is 0 Å². The smallest absolute Gasteiger partial charge is 0.119 e. The zero-order valence-electron chi connectivity index (χ0n) is 12.6. The third-order valence-electron chi connectivity index (χ3n) is 3.99. The molecule has 1 fully saturated rings. The van der Waals surface area contributed by atoms with Crippen LogP contribution in [0.4, 0.5) is 0 Å². The zero-order valence-corrected chi connectivity index (χ0v) is 12.6. The number of nitrogens with one attached hydrogen (secondary N) is 1. The highest BCUT2D eigenvalue weighted by Gasteiger charge is 2.21. The highest BCUT2D eigenvalue weighted by molar-refractivity contribution is 5.29. The summed E-state index contributed by atoms with van der Waals surface area (Å²) < 4.78 is 5.60. The fraction of sp³-hybridized carbons (Fsp3) is 0.647. The molecule has 2 N–H and O–H groups in total. The molecule has 3 atom stereocenters. The molecule has 1 aromatic rings. The van der Waals surface area contributed by atoms with Gasteiger partial charge in [0.2, 0.25) is 0 Å². The molecule has 0 aliphatic heterocycles. The summed E-state index contributed by atoms with van der Waals surface area (Å²) in [5, 5.41) is 13.4. The van der Waals surface area contributed by atoms with E-state index in [4.69, 9.17) is 4.74 Å². The second-order valence-electron chi connectivity index (χ2n) is 5.82. The second-order valence-corrected chi connectivity index (χ2v) is 5.82. The van der Waals surface area contributed by atoms with Crippen LogP contribution in [0.15, 0.2) is 24.3 Å². The Bertz CT molecular complexity index is 390. The van der Waals surface area contributed by atoms with Gasteiger partial charge in [0.25, 0.3) is 0 Å². The van der Waals surface area contributed by atoms with Gasteiger partial charge in [-0.15, -0.1) is 0 Å². The molecule has 0 radical (unpaired) electrons. The van der Waals surface area contributed by atoms with E-state index in [0.717, 1.165) is 38.0 Å². The van der Waals surface area contributed by atoms with Gasteiger partial charge in [-0.05, 0) is 56.7 Å². The summed E-state index contributed by atoms with van der Waals surface area (Å²) >= 11 is 0. The summed E-state index contributed by atoms with van der Waals surface area (Å²) in [5.41, 5.74) is 1.27. The summed E-state index contributed by atoms with van der Waals surface area (Å²) in [6, 6.07) is 9.08. The first-order chi connectivity index (χ1) is 9.69. The van der Waals surface area contributed by atoms with Crippen LogP contribution in [-0.2, 0) is 0 Å². The Labute approximate surface area is 122 Å². The largest absolute Gasteiger partial charge is 0.494 e. The van der Waals surface area contributed by atoms with Crippen LogP contribution in [0.3, 0.4) is 0 Å². The average molecular weight is 277 g/mol. The van der Waals surface area contributed by atoms with E-state index in [9.17, 15) is 5.11 Å². The van der Waals surface area contributed by atoms with Gasteiger partial charge in [0.15, 0.2) is 0 Å². The first kappa shape index (κ1) is 15.3. The Morgan fingerprint density at radius 2 is 2.05 bits per heavy atom. The van der Waals surface area contributed by atoms with Gasteiger partial charge < -0.3 is 15.2 Å². The van der Waals surface area contributed by atoms with E-state index < -0.39 is 0 Å². The van der Waals surface area contributed by atoms with Crippen molar-refractivity contribution in [3.05, 3.63) is 29.8 Å². The van der Waals surface area contributed by atoms with Crippen molar-refractivity contribution >= 4 is 0 Å². The Balaban J connectivity index is 1.86. The number of aliphatic hydroxyl groups excluding tert-OH is 1. The molecule has 0 amide bonds. The molecular weight excluding hydrogens is 250 g/mol. The lowest BCUT2D eigenvalue weighted by atomic mass is 9.92. The number of hydrogen-bond donors (Lipinski definition) is 2. The maximum Gasteiger partial charge on any atom is 0.119 e. The molecule has 20 heavy (non-hydrogen) atoms. The predicted octanol–water partition coefficient (Wildman–Crippen LogP) is 3.43. The maximum absolute atomic E-state index is 9.73. The molecule has 3 nitrogen and oxygen atoms in total. The van der Waals surface area contributed by atoms with Gasteiger partial charge in [0, 0.05) is 12.1 Å². The van der Waals surface area contributed by atoms with E-state index in [2.05, 4.69) is 31.3 Å². The quantitative estimate of drug-likeness (QED) is 0.837. The monoisotopic (exact) mass is 277 g/mol. The molecule has 1 saturated carbocycles. The molecular formula is C17H27NO2. The van der Waals surface area contributed by atoms with Crippen molar-refractivity contribution in [3.8, 4) is 5.75 Å². The summed E-state index contributed by atoms with van der Waals surface area (Å²) in [4.78, 5) is 0. The van der Waals surface area contributed by atoms with Crippen molar-refractivity contribution in [1.29, 1.82) is 0 Å². The SMILES string of the molecule is CCCOc1ccc(C(C)NC2CCCC(O)C2)cc1. The number of rotatable bonds is 6. The fourth-order valence-electron chi connectivity index (χ4n) is 2.84. The summed E-state index contributed by atoms with van der Waals surface area (Å²) in [7, 11) is 0. The van der Waals surface area contributed by atoms with E-state index >= 15 is 0 Å². The molecule has 3 unspecified atom stereocenters. The number of hydrogen-bond acceptors (Lipinski definition) is 3.